The van der Waals surface area contributed by atoms with Crippen LogP contribution in [0.2, 0.25) is 5.02 Å². The van der Waals surface area contributed by atoms with Gasteiger partial charge in [-0.05, 0) is 103 Å². The van der Waals surface area contributed by atoms with Gasteiger partial charge in [0.05, 0.1) is 11.1 Å². The van der Waals surface area contributed by atoms with Crippen LogP contribution in [0.1, 0.15) is 48.8 Å². The number of aromatic amines is 1. The Labute approximate surface area is 334 Å². The highest BCUT2D eigenvalue weighted by Crippen LogP contribution is 2.40. The lowest BCUT2D eigenvalue weighted by Crippen LogP contribution is -2.57. The summed E-state index contributed by atoms with van der Waals surface area (Å²) < 4.78 is 14.3. The Balaban J connectivity index is 1.45. The van der Waals surface area contributed by atoms with E-state index < -0.39 is 35.9 Å². The van der Waals surface area contributed by atoms with Gasteiger partial charge in [-0.15, -0.1) is 0 Å². The summed E-state index contributed by atoms with van der Waals surface area (Å²) in [6.07, 6.45) is 7.71. The summed E-state index contributed by atoms with van der Waals surface area (Å²) in [6, 6.07) is 15.6. The fraction of sp³-hybridized carbons (Fsp3) is 0.341. The van der Waals surface area contributed by atoms with Crippen molar-refractivity contribution < 1.29 is 18.8 Å². The molecule has 3 atom stereocenters. The van der Waals surface area contributed by atoms with E-state index >= 15 is 0 Å². The van der Waals surface area contributed by atoms with Gasteiger partial charge in [0.1, 0.15) is 17.1 Å². The standard InChI is InChI=1S/C41H47ClFN9O3S/c1-52-35(20-28-23-48-32-10-3-2-9-30(28)32)39(54)50-24-29-18-27(25-13-17-46-36(43)21-25)19-31(42)37(29)56-40-26(8-7-16-47-40)22-49-33(12-6-15-45)38(53)51-34(41(52)55)11-4-5-14-44/h2-3,7-10,13,16-19,21,23,33-35,48-49H,4-6,11-12,14-15,20,22,24,44-45H2,1H3,(H,50,54)(H,51,53). The summed E-state index contributed by atoms with van der Waals surface area (Å²) in [5.41, 5.74) is 16.1. The minimum atomic E-state index is -0.969. The molecule has 0 bridgehead atoms. The van der Waals surface area contributed by atoms with Crippen LogP contribution in [0.15, 0.2) is 89.2 Å². The molecule has 1 aliphatic rings. The first-order chi connectivity index (χ1) is 27.2. The number of likely N-dealkylation sites (N-methyl/N-ethyl adjacent to an activating group) is 1. The highest BCUT2D eigenvalue weighted by atomic mass is 35.5. The number of carbonyl (C=O) groups excluding carboxylic acids is 3. The predicted molar refractivity (Wildman–Crippen MR) is 217 cm³/mol. The molecule has 3 aromatic heterocycles. The van der Waals surface area contributed by atoms with Gasteiger partial charge in [-0.1, -0.05) is 47.6 Å². The SMILES string of the molecule is CN1C(=O)C(CCCCN)NC(=O)C(CCCN)NCc2cccnc2Sc2c(Cl)cc(-c3ccnc(F)c3)cc2CNC(=O)C1Cc1c[nH]c2ccccc12. The molecule has 4 heterocycles. The van der Waals surface area contributed by atoms with E-state index in [1.54, 1.807) is 25.4 Å². The lowest BCUT2D eigenvalue weighted by atomic mass is 10.0. The van der Waals surface area contributed by atoms with Crippen molar-refractivity contribution in [2.24, 2.45) is 11.5 Å². The van der Waals surface area contributed by atoms with E-state index in [0.29, 0.717) is 76.8 Å². The van der Waals surface area contributed by atoms with Crippen LogP contribution in [0.25, 0.3) is 22.0 Å². The van der Waals surface area contributed by atoms with Crippen molar-refractivity contribution in [3.05, 3.63) is 107 Å². The first-order valence-electron chi connectivity index (χ1n) is 18.8. The minimum Gasteiger partial charge on any atom is -0.361 e. The molecule has 1 aliphatic heterocycles. The molecule has 0 spiro atoms. The monoisotopic (exact) mass is 799 g/mol. The quantitative estimate of drug-likeness (QED) is 0.0829. The number of halogens is 2. The maximum atomic E-state index is 14.5. The maximum absolute atomic E-state index is 14.5. The number of rotatable bonds is 10. The Morgan fingerprint density at radius 2 is 1.68 bits per heavy atom. The fourth-order valence-corrected chi connectivity index (χ4v) is 8.26. The van der Waals surface area contributed by atoms with Gasteiger partial charge < -0.3 is 37.3 Å². The summed E-state index contributed by atoms with van der Waals surface area (Å²) in [7, 11) is 1.60. The summed E-state index contributed by atoms with van der Waals surface area (Å²) in [4.78, 5) is 56.8. The van der Waals surface area contributed by atoms with Crippen LogP contribution in [0, 0.1) is 5.95 Å². The van der Waals surface area contributed by atoms with Crippen LogP contribution in [-0.2, 0) is 33.9 Å². The number of unbranched alkanes of at least 4 members (excludes halogenated alkanes) is 1. The fourth-order valence-electron chi connectivity index (χ4n) is 6.91. The molecule has 0 saturated carbocycles. The van der Waals surface area contributed by atoms with E-state index in [1.165, 1.54) is 28.9 Å². The van der Waals surface area contributed by atoms with Crippen LogP contribution in [-0.4, -0.2) is 75.8 Å². The van der Waals surface area contributed by atoms with Crippen molar-refractivity contribution in [3.8, 4) is 11.1 Å². The number of hydrogen-bond donors (Lipinski definition) is 6. The van der Waals surface area contributed by atoms with Gasteiger partial charge in [0.15, 0.2) is 0 Å². The second kappa shape index (κ2) is 19.3. The van der Waals surface area contributed by atoms with Crippen LogP contribution in [0.4, 0.5) is 4.39 Å². The molecule has 6 rings (SSSR count). The Morgan fingerprint density at radius 3 is 2.48 bits per heavy atom. The van der Waals surface area contributed by atoms with Gasteiger partial charge in [-0.2, -0.15) is 4.39 Å². The highest BCUT2D eigenvalue weighted by Gasteiger charge is 2.34. The summed E-state index contributed by atoms with van der Waals surface area (Å²) in [5, 5.41) is 11.5. The van der Waals surface area contributed by atoms with E-state index in [9.17, 15) is 18.8 Å². The van der Waals surface area contributed by atoms with Gasteiger partial charge in [-0.3, -0.25) is 14.4 Å². The molecular formula is C41H47ClFN9O3S. The third-order valence-corrected chi connectivity index (χ3v) is 11.7. The van der Waals surface area contributed by atoms with Crippen molar-refractivity contribution in [2.45, 2.75) is 79.7 Å². The van der Waals surface area contributed by atoms with E-state index in [1.807, 2.05) is 48.7 Å². The summed E-state index contributed by atoms with van der Waals surface area (Å²) >= 11 is 8.37. The van der Waals surface area contributed by atoms with Gasteiger partial charge in [0, 0.05) is 67.0 Å². The smallest absolute Gasteiger partial charge is 0.245 e. The molecule has 3 amide bonds. The minimum absolute atomic E-state index is 0.0347. The molecule has 0 saturated heterocycles. The third kappa shape index (κ3) is 9.92. The Kier molecular flexibility index (Phi) is 14.1. The van der Waals surface area contributed by atoms with Crippen molar-refractivity contribution >= 4 is 52.0 Å². The molecule has 56 heavy (non-hydrogen) atoms. The number of nitrogens with zero attached hydrogens (tertiary/aromatic N) is 3. The number of carbonyl (C=O) groups is 3. The number of pyridine rings is 2. The topological polar surface area (TPSA) is 184 Å². The molecule has 8 N–H and O–H groups in total. The van der Waals surface area contributed by atoms with E-state index in [4.69, 9.17) is 23.1 Å². The molecule has 0 radical (unpaired) electrons. The molecule has 0 fully saturated rings. The van der Waals surface area contributed by atoms with E-state index in [-0.39, 0.29) is 25.4 Å². The van der Waals surface area contributed by atoms with Crippen molar-refractivity contribution in [1.29, 1.82) is 0 Å². The Hall–Kier alpha value is -4.86. The second-order valence-electron chi connectivity index (χ2n) is 13.8. The molecule has 0 aliphatic carbocycles. The first-order valence-corrected chi connectivity index (χ1v) is 20.0. The zero-order chi connectivity index (χ0) is 39.6. The van der Waals surface area contributed by atoms with Crippen LogP contribution in [0.3, 0.4) is 0 Å². The molecule has 15 heteroatoms. The molecule has 12 nitrogen and oxygen atoms in total. The Morgan fingerprint density at radius 1 is 0.875 bits per heavy atom. The number of benzene rings is 2. The predicted octanol–water partition coefficient (Wildman–Crippen LogP) is 5.08. The normalized spacial score (nSPS) is 18.6. The van der Waals surface area contributed by atoms with E-state index in [0.717, 1.165) is 22.0 Å². The zero-order valence-electron chi connectivity index (χ0n) is 31.2. The van der Waals surface area contributed by atoms with Crippen LogP contribution < -0.4 is 27.4 Å². The number of nitrogens with two attached hydrogens (primary N) is 2. The number of nitrogens with one attached hydrogen (secondary N) is 4. The van der Waals surface area contributed by atoms with Gasteiger partial charge in [0.2, 0.25) is 23.7 Å². The average molecular weight is 800 g/mol. The number of aromatic nitrogens is 3. The van der Waals surface area contributed by atoms with Crippen molar-refractivity contribution in [2.75, 3.05) is 20.1 Å². The van der Waals surface area contributed by atoms with Gasteiger partial charge in [-0.25, -0.2) is 9.97 Å². The van der Waals surface area contributed by atoms with Crippen LogP contribution in [0.5, 0.6) is 0 Å². The average Bonchev–Trinajstić information content (AvgIpc) is 3.61. The number of H-pyrrole nitrogens is 1. The summed E-state index contributed by atoms with van der Waals surface area (Å²) in [6.45, 7) is 1.14. The van der Waals surface area contributed by atoms with Gasteiger partial charge in [0.25, 0.3) is 0 Å². The van der Waals surface area contributed by atoms with Gasteiger partial charge >= 0.3 is 0 Å². The third-order valence-electron chi connectivity index (χ3n) is 10.0. The van der Waals surface area contributed by atoms with Crippen LogP contribution >= 0.6 is 23.4 Å². The largest absolute Gasteiger partial charge is 0.361 e. The lowest BCUT2D eigenvalue weighted by Gasteiger charge is -2.32. The number of fused-ring (bicyclic) bond motifs is 3. The number of hydrogen-bond acceptors (Lipinski definition) is 9. The van der Waals surface area contributed by atoms with Crippen molar-refractivity contribution in [1.82, 2.24) is 35.8 Å². The molecule has 5 aromatic rings. The first kappa shape index (κ1) is 40.8. The second-order valence-corrected chi connectivity index (χ2v) is 15.2. The van der Waals surface area contributed by atoms with E-state index in [2.05, 4.69) is 30.9 Å². The van der Waals surface area contributed by atoms with Crippen molar-refractivity contribution in [3.63, 3.8) is 0 Å². The lowest BCUT2D eigenvalue weighted by molar-refractivity contribution is -0.142. The molecule has 2 aromatic carbocycles. The number of para-hydroxylation sites is 1. The molecular weight excluding hydrogens is 753 g/mol. The molecule has 294 valence electrons. The maximum Gasteiger partial charge on any atom is 0.245 e. The zero-order valence-corrected chi connectivity index (χ0v) is 32.8. The highest BCUT2D eigenvalue weighted by molar-refractivity contribution is 7.99. The Bertz CT molecular complexity index is 2170. The summed E-state index contributed by atoms with van der Waals surface area (Å²) in [5.74, 6) is -1.78. The molecule has 3 unspecified atom stereocenters. The number of amides is 3.